The number of sulfone groups is 1. The van der Waals surface area contributed by atoms with E-state index in [1.165, 1.54) is 29.2 Å². The number of hydrogen-bond acceptors (Lipinski definition) is 8. The highest BCUT2D eigenvalue weighted by Crippen LogP contribution is 2.47. The highest BCUT2D eigenvalue weighted by Gasteiger charge is 2.58. The molecule has 0 bridgehead atoms. The van der Waals surface area contributed by atoms with Crippen molar-refractivity contribution >= 4 is 35.7 Å². The molecule has 0 aromatic heterocycles. The van der Waals surface area contributed by atoms with Crippen molar-refractivity contribution in [3.63, 3.8) is 0 Å². The monoisotopic (exact) mass is 668 g/mol. The number of nitrogens with zero attached hydrogens (tertiary/aromatic N) is 2. The molecule has 2 aliphatic rings. The van der Waals surface area contributed by atoms with Crippen LogP contribution in [0, 0.1) is 16.0 Å². The number of esters is 1. The van der Waals surface area contributed by atoms with Gasteiger partial charge in [-0.3, -0.25) is 14.9 Å². The molecule has 0 unspecified atom stereocenters. The molecule has 15 heteroatoms. The van der Waals surface area contributed by atoms with Crippen molar-refractivity contribution in [1.82, 2.24) is 4.90 Å². The molecule has 2 heterocycles. The van der Waals surface area contributed by atoms with E-state index < -0.39 is 70.5 Å². The minimum atomic E-state index is -4.65. The third kappa shape index (κ3) is 6.99. The predicted molar refractivity (Wildman–Crippen MR) is 160 cm³/mol. The number of carbonyl (C=O) groups is 2. The molecule has 0 aliphatic carbocycles. The summed E-state index contributed by atoms with van der Waals surface area (Å²) >= 11 is 0. The maximum absolute atomic E-state index is 13.5. The van der Waals surface area contributed by atoms with E-state index in [1.807, 2.05) is 13.1 Å². The van der Waals surface area contributed by atoms with Crippen molar-refractivity contribution in [1.29, 1.82) is 0 Å². The van der Waals surface area contributed by atoms with E-state index in [0.29, 0.717) is 17.7 Å². The minimum absolute atomic E-state index is 0.0312. The Morgan fingerprint density at radius 1 is 1.09 bits per heavy atom. The van der Waals surface area contributed by atoms with Crippen LogP contribution < -0.4 is 0 Å². The van der Waals surface area contributed by atoms with E-state index in [9.17, 15) is 41.3 Å². The molecule has 45 heavy (non-hydrogen) atoms. The molecule has 1 saturated heterocycles. The molecule has 3 atom stereocenters. The van der Waals surface area contributed by atoms with Gasteiger partial charge in [0.25, 0.3) is 5.69 Å². The Morgan fingerprint density at radius 2 is 1.67 bits per heavy atom. The highest BCUT2D eigenvalue weighted by molar-refractivity contribution is 7.91. The quantitative estimate of drug-likeness (QED) is 0.0986. The highest BCUT2D eigenvalue weighted by atomic mass is 32.2. The lowest BCUT2D eigenvalue weighted by molar-refractivity contribution is -0.384. The van der Waals surface area contributed by atoms with Gasteiger partial charge in [-0.05, 0) is 79.0 Å². The zero-order chi connectivity index (χ0) is 33.7. The van der Waals surface area contributed by atoms with Gasteiger partial charge in [-0.25, -0.2) is 13.2 Å². The van der Waals surface area contributed by atoms with Crippen molar-refractivity contribution in [2.24, 2.45) is 5.92 Å². The largest absolute Gasteiger partial charge is 0.456 e. The second-order valence-electron chi connectivity index (χ2n) is 12.8. The number of non-ortho nitro benzene ring substituents is 1. The van der Waals surface area contributed by atoms with Gasteiger partial charge in [0.2, 0.25) is 5.91 Å². The van der Waals surface area contributed by atoms with Gasteiger partial charge in [-0.15, -0.1) is 0 Å². The Hall–Kier alpha value is -3.56. The normalized spacial score (nSPS) is 19.7. The molecule has 2 aromatic carbocycles. The number of rotatable bonds is 10. The number of amides is 1. The number of halogens is 3. The number of fused-ring (bicyclic) bond motifs is 1. The molecule has 0 N–H and O–H groups in total. The summed E-state index contributed by atoms with van der Waals surface area (Å²) in [6.45, 7) is 11.7. The van der Waals surface area contributed by atoms with E-state index in [4.69, 9.17) is 9.16 Å². The number of β-lactam (4-membered cyclic amide) rings is 1. The minimum Gasteiger partial charge on any atom is -0.456 e. The van der Waals surface area contributed by atoms with E-state index in [0.717, 1.165) is 12.1 Å². The van der Waals surface area contributed by atoms with Crippen molar-refractivity contribution in [2.75, 3.05) is 5.75 Å². The summed E-state index contributed by atoms with van der Waals surface area (Å²) in [6, 6.07) is 7.76. The van der Waals surface area contributed by atoms with Gasteiger partial charge >= 0.3 is 12.1 Å². The lowest BCUT2D eigenvalue weighted by Crippen LogP contribution is -2.63. The maximum Gasteiger partial charge on any atom is 0.416 e. The van der Waals surface area contributed by atoms with Gasteiger partial charge < -0.3 is 14.1 Å². The molecule has 2 aromatic rings. The Morgan fingerprint density at radius 3 is 2.18 bits per heavy atom. The molecule has 2 aliphatic heterocycles. The summed E-state index contributed by atoms with van der Waals surface area (Å²) < 4.78 is 77.8. The zero-order valence-electron chi connectivity index (χ0n) is 25.7. The van der Waals surface area contributed by atoms with Crippen molar-refractivity contribution in [3.8, 4) is 0 Å². The van der Waals surface area contributed by atoms with Gasteiger partial charge in [0.15, 0.2) is 18.2 Å². The van der Waals surface area contributed by atoms with Crippen LogP contribution in [0.3, 0.4) is 0 Å². The molecule has 0 spiro atoms. The van der Waals surface area contributed by atoms with Gasteiger partial charge in [-0.2, -0.15) is 13.2 Å². The predicted octanol–water partition coefficient (Wildman–Crippen LogP) is 6.03. The van der Waals surface area contributed by atoms with Crippen molar-refractivity contribution in [3.05, 3.63) is 81.0 Å². The van der Waals surface area contributed by atoms with Crippen LogP contribution in [-0.2, 0) is 41.4 Å². The third-order valence-corrected chi connectivity index (χ3v) is 15.0. The Balaban J connectivity index is 1.62. The summed E-state index contributed by atoms with van der Waals surface area (Å²) in [4.78, 5) is 38.2. The lowest BCUT2D eigenvalue weighted by Gasteiger charge is -2.49. The SMILES string of the molecule is C[C@@H](O[Si](C)(C)C(C)(C)C)[C@@H]1C(=O)N2C(C(=O)OCc3ccc([N+](=O)[O-])cc3)=C(CS(=O)(=O)c3ccc(C(F)(F)F)cc3)C[C@@H]12. The first-order valence-corrected chi connectivity index (χ1v) is 18.7. The fourth-order valence-corrected chi connectivity index (χ4v) is 8.13. The van der Waals surface area contributed by atoms with E-state index in [2.05, 4.69) is 20.8 Å². The number of benzene rings is 2. The number of alkyl halides is 3. The number of nitro benzene ring substituents is 1. The second kappa shape index (κ2) is 12.0. The van der Waals surface area contributed by atoms with Crippen LogP contribution in [0.25, 0.3) is 0 Å². The molecule has 1 amide bonds. The van der Waals surface area contributed by atoms with Crippen LogP contribution in [0.4, 0.5) is 18.9 Å². The van der Waals surface area contributed by atoms with E-state index in [-0.39, 0.29) is 39.9 Å². The van der Waals surface area contributed by atoms with Crippen LogP contribution in [-0.4, -0.2) is 56.3 Å². The average Bonchev–Trinajstić information content (AvgIpc) is 3.23. The standard InChI is InChI=1S/C30H35F3N2O8SSi/c1-18(43-45(5,6)29(2,3)4)25-24-15-20(17-44(40,41)23-13-9-21(10-14-23)30(31,32)33)26(34(24)27(25)36)28(37)42-16-19-7-11-22(12-8-19)35(38)39/h7-14,18,24-25H,15-17H2,1-6H3/t18-,24+,25+/m1/s1. The Kier molecular flexibility index (Phi) is 9.14. The summed E-state index contributed by atoms with van der Waals surface area (Å²) in [5.74, 6) is -2.75. The summed E-state index contributed by atoms with van der Waals surface area (Å²) in [5, 5.41) is 10.8. The Bertz CT molecular complexity index is 1630. The number of hydrogen-bond donors (Lipinski definition) is 0. The second-order valence-corrected chi connectivity index (χ2v) is 19.6. The zero-order valence-corrected chi connectivity index (χ0v) is 27.5. The Labute approximate surface area is 260 Å². The van der Waals surface area contributed by atoms with Crippen molar-refractivity contribution < 1.29 is 45.3 Å². The molecule has 244 valence electrons. The van der Waals surface area contributed by atoms with Gasteiger partial charge in [0.05, 0.1) is 39.2 Å². The first-order valence-electron chi connectivity index (χ1n) is 14.2. The summed E-state index contributed by atoms with van der Waals surface area (Å²) in [5.41, 5.74) is -0.867. The van der Waals surface area contributed by atoms with Crippen LogP contribution in [0.2, 0.25) is 18.1 Å². The maximum atomic E-state index is 13.5. The molecular weight excluding hydrogens is 633 g/mol. The average molecular weight is 669 g/mol. The third-order valence-electron chi connectivity index (χ3n) is 8.71. The molecule has 4 rings (SSSR count). The van der Waals surface area contributed by atoms with Crippen LogP contribution >= 0.6 is 0 Å². The summed E-state index contributed by atoms with van der Waals surface area (Å²) in [6.07, 6.45) is -5.14. The lowest BCUT2D eigenvalue weighted by atomic mass is 9.83. The van der Waals surface area contributed by atoms with Crippen LogP contribution in [0.1, 0.15) is 45.2 Å². The topological polar surface area (TPSA) is 133 Å². The number of ether oxygens (including phenoxy) is 1. The smallest absolute Gasteiger partial charge is 0.416 e. The van der Waals surface area contributed by atoms with Crippen LogP contribution in [0.15, 0.2) is 64.7 Å². The number of nitro groups is 1. The van der Waals surface area contributed by atoms with Crippen molar-refractivity contribution in [2.45, 2.75) is 82.1 Å². The molecule has 10 nitrogen and oxygen atoms in total. The van der Waals surface area contributed by atoms with Gasteiger partial charge in [0.1, 0.15) is 12.3 Å². The number of carbonyl (C=O) groups excluding carboxylic acids is 2. The fourth-order valence-electron chi connectivity index (χ4n) is 5.27. The van der Waals surface area contributed by atoms with E-state index in [1.54, 1.807) is 6.92 Å². The first-order chi connectivity index (χ1) is 20.6. The van der Waals surface area contributed by atoms with Gasteiger partial charge in [-0.1, -0.05) is 20.8 Å². The molecule has 0 saturated carbocycles. The first kappa shape index (κ1) is 34.3. The molecule has 1 fully saturated rings. The van der Waals surface area contributed by atoms with E-state index >= 15 is 0 Å². The summed E-state index contributed by atoms with van der Waals surface area (Å²) in [7, 11) is -6.53. The molecular formula is C30H35F3N2O8SSi. The fraction of sp³-hybridized carbons (Fsp3) is 0.467. The van der Waals surface area contributed by atoms with Gasteiger partial charge in [0, 0.05) is 12.1 Å². The van der Waals surface area contributed by atoms with Crippen LogP contribution in [0.5, 0.6) is 0 Å². The molecule has 0 radical (unpaired) electrons.